The second kappa shape index (κ2) is 7.34. The molecule has 0 bridgehead atoms. The lowest BCUT2D eigenvalue weighted by molar-refractivity contribution is -0.0958. The molecular formula is C14H29NO2. The van der Waals surface area contributed by atoms with Crippen LogP contribution in [0.3, 0.4) is 0 Å². The van der Waals surface area contributed by atoms with Crippen LogP contribution in [0.5, 0.6) is 0 Å². The van der Waals surface area contributed by atoms with Crippen LogP contribution < -0.4 is 5.32 Å². The van der Waals surface area contributed by atoms with Crippen LogP contribution in [0.2, 0.25) is 0 Å². The molecule has 0 aromatic heterocycles. The minimum Gasteiger partial charge on any atom is -0.376 e. The van der Waals surface area contributed by atoms with E-state index in [9.17, 15) is 0 Å². The fourth-order valence-electron chi connectivity index (χ4n) is 2.52. The number of nitrogens with one attached hydrogen (secondary N) is 1. The Labute approximate surface area is 106 Å². The number of ether oxygens (including phenoxy) is 2. The number of likely N-dealkylation sites (N-methyl/N-ethyl adjacent to an activating group) is 1. The summed E-state index contributed by atoms with van der Waals surface area (Å²) in [5, 5.41) is 3.28. The zero-order valence-corrected chi connectivity index (χ0v) is 11.9. The predicted molar refractivity (Wildman–Crippen MR) is 71.3 cm³/mol. The highest BCUT2D eigenvalue weighted by Crippen LogP contribution is 2.34. The number of rotatable bonds is 7. The Hall–Kier alpha value is -0.120. The van der Waals surface area contributed by atoms with E-state index >= 15 is 0 Å². The summed E-state index contributed by atoms with van der Waals surface area (Å²) in [4.78, 5) is 0. The zero-order chi connectivity index (χ0) is 12.7. The van der Waals surface area contributed by atoms with Gasteiger partial charge in [-0.25, -0.2) is 0 Å². The van der Waals surface area contributed by atoms with Crippen molar-refractivity contribution in [3.63, 3.8) is 0 Å². The van der Waals surface area contributed by atoms with Gasteiger partial charge in [0.15, 0.2) is 0 Å². The Morgan fingerprint density at radius 1 is 1.24 bits per heavy atom. The molecule has 3 heteroatoms. The van der Waals surface area contributed by atoms with E-state index in [1.165, 1.54) is 25.7 Å². The van der Waals surface area contributed by atoms with E-state index in [1.54, 1.807) is 0 Å². The van der Waals surface area contributed by atoms with Crippen LogP contribution >= 0.6 is 0 Å². The van der Waals surface area contributed by atoms with Crippen molar-refractivity contribution < 1.29 is 9.47 Å². The maximum Gasteiger partial charge on any atom is 0.0807 e. The molecule has 1 N–H and O–H groups in total. The topological polar surface area (TPSA) is 30.5 Å². The van der Waals surface area contributed by atoms with Crippen molar-refractivity contribution in [3.8, 4) is 0 Å². The van der Waals surface area contributed by atoms with Gasteiger partial charge < -0.3 is 14.8 Å². The molecule has 0 saturated heterocycles. The first-order valence-electron chi connectivity index (χ1n) is 6.98. The highest BCUT2D eigenvalue weighted by Gasteiger charge is 2.34. The van der Waals surface area contributed by atoms with Gasteiger partial charge in [0.05, 0.1) is 24.9 Å². The molecule has 102 valence electrons. The molecule has 0 amide bonds. The molecule has 0 unspecified atom stereocenters. The molecule has 3 nitrogen and oxygen atoms in total. The zero-order valence-electron chi connectivity index (χ0n) is 11.9. The second-order valence-corrected chi connectivity index (χ2v) is 5.66. The number of hydrogen-bond acceptors (Lipinski definition) is 3. The van der Waals surface area contributed by atoms with Crippen molar-refractivity contribution in [2.24, 2.45) is 5.92 Å². The van der Waals surface area contributed by atoms with Gasteiger partial charge in [0.1, 0.15) is 0 Å². The molecule has 1 rings (SSSR count). The summed E-state index contributed by atoms with van der Waals surface area (Å²) in [6.07, 6.45) is 5.22. The van der Waals surface area contributed by atoms with Crippen LogP contribution in [0.15, 0.2) is 0 Å². The lowest BCUT2D eigenvalue weighted by Gasteiger charge is -2.39. The van der Waals surface area contributed by atoms with E-state index in [2.05, 4.69) is 26.1 Å². The van der Waals surface area contributed by atoms with Gasteiger partial charge in [0.25, 0.3) is 0 Å². The van der Waals surface area contributed by atoms with Gasteiger partial charge in [-0.1, -0.05) is 6.92 Å². The maximum absolute atomic E-state index is 6.12. The third kappa shape index (κ3) is 5.36. The van der Waals surface area contributed by atoms with E-state index in [4.69, 9.17) is 9.47 Å². The van der Waals surface area contributed by atoms with Crippen LogP contribution in [0.1, 0.15) is 46.5 Å². The monoisotopic (exact) mass is 243 g/mol. The highest BCUT2D eigenvalue weighted by atomic mass is 16.5. The molecule has 0 atom stereocenters. The Kier molecular flexibility index (Phi) is 6.45. The number of hydrogen-bond donors (Lipinski definition) is 1. The molecule has 0 spiro atoms. The Bertz CT molecular complexity index is 198. The van der Waals surface area contributed by atoms with Crippen molar-refractivity contribution in [2.75, 3.05) is 26.8 Å². The Morgan fingerprint density at radius 3 is 2.41 bits per heavy atom. The van der Waals surface area contributed by atoms with Crippen LogP contribution in [-0.2, 0) is 9.47 Å². The smallest absolute Gasteiger partial charge is 0.0807 e. The summed E-state index contributed by atoms with van der Waals surface area (Å²) >= 11 is 0. The summed E-state index contributed by atoms with van der Waals surface area (Å²) < 4.78 is 11.7. The Morgan fingerprint density at radius 2 is 1.88 bits per heavy atom. The molecular weight excluding hydrogens is 214 g/mol. The average Bonchev–Trinajstić information content (AvgIpc) is 2.29. The van der Waals surface area contributed by atoms with Gasteiger partial charge in [-0.3, -0.25) is 0 Å². The van der Waals surface area contributed by atoms with Crippen molar-refractivity contribution in [1.29, 1.82) is 0 Å². The third-order valence-electron chi connectivity index (χ3n) is 3.63. The first-order valence-corrected chi connectivity index (χ1v) is 6.98. The molecule has 1 aliphatic rings. The summed E-state index contributed by atoms with van der Waals surface area (Å²) in [5.74, 6) is 0.857. The van der Waals surface area contributed by atoms with Gasteiger partial charge in [-0.15, -0.1) is 0 Å². The lowest BCUT2D eigenvalue weighted by atomic mass is 9.79. The Balaban J connectivity index is 2.32. The van der Waals surface area contributed by atoms with Crippen molar-refractivity contribution in [3.05, 3.63) is 0 Å². The standard InChI is InChI=1S/C14H29NO2/c1-12(2)16-9-10-17-14(11-15-4)7-5-13(3)6-8-14/h12-13,15H,5-11H2,1-4H3. The van der Waals surface area contributed by atoms with Gasteiger partial charge in [-0.05, 0) is 52.5 Å². The van der Waals surface area contributed by atoms with Crippen LogP contribution in [0.4, 0.5) is 0 Å². The normalized spacial score (nSPS) is 29.8. The molecule has 0 aromatic rings. The molecule has 0 aliphatic heterocycles. The largest absolute Gasteiger partial charge is 0.376 e. The summed E-state index contributed by atoms with van der Waals surface area (Å²) in [7, 11) is 2.01. The average molecular weight is 243 g/mol. The van der Waals surface area contributed by atoms with Gasteiger partial charge in [-0.2, -0.15) is 0 Å². The van der Waals surface area contributed by atoms with Crippen LogP contribution in [0, 0.1) is 5.92 Å². The second-order valence-electron chi connectivity index (χ2n) is 5.66. The molecule has 0 radical (unpaired) electrons. The SMILES string of the molecule is CNCC1(OCCOC(C)C)CCC(C)CC1. The van der Waals surface area contributed by atoms with Gasteiger partial charge >= 0.3 is 0 Å². The lowest BCUT2D eigenvalue weighted by Crippen LogP contribution is -2.45. The molecule has 0 heterocycles. The molecule has 0 aromatic carbocycles. The fourth-order valence-corrected chi connectivity index (χ4v) is 2.52. The molecule has 1 aliphatic carbocycles. The third-order valence-corrected chi connectivity index (χ3v) is 3.63. The van der Waals surface area contributed by atoms with E-state index in [1.807, 2.05) is 7.05 Å². The first-order chi connectivity index (χ1) is 8.08. The fraction of sp³-hybridized carbons (Fsp3) is 1.00. The van der Waals surface area contributed by atoms with E-state index < -0.39 is 0 Å². The summed E-state index contributed by atoms with van der Waals surface area (Å²) in [5.41, 5.74) is 0.0571. The minimum atomic E-state index is 0.0571. The highest BCUT2D eigenvalue weighted by molar-refractivity contribution is 4.88. The summed E-state index contributed by atoms with van der Waals surface area (Å²) in [6.45, 7) is 8.84. The maximum atomic E-state index is 6.12. The van der Waals surface area contributed by atoms with Crippen molar-refractivity contribution in [2.45, 2.75) is 58.2 Å². The van der Waals surface area contributed by atoms with Gasteiger partial charge in [0.2, 0.25) is 0 Å². The molecule has 17 heavy (non-hydrogen) atoms. The van der Waals surface area contributed by atoms with E-state index in [0.29, 0.717) is 19.3 Å². The van der Waals surface area contributed by atoms with Crippen molar-refractivity contribution >= 4 is 0 Å². The summed E-state index contributed by atoms with van der Waals surface area (Å²) in [6, 6.07) is 0. The molecule has 1 fully saturated rings. The first kappa shape index (κ1) is 14.9. The van der Waals surface area contributed by atoms with Crippen LogP contribution in [0.25, 0.3) is 0 Å². The molecule has 1 saturated carbocycles. The van der Waals surface area contributed by atoms with E-state index in [0.717, 1.165) is 12.5 Å². The van der Waals surface area contributed by atoms with Crippen molar-refractivity contribution in [1.82, 2.24) is 5.32 Å². The van der Waals surface area contributed by atoms with Crippen LogP contribution in [-0.4, -0.2) is 38.5 Å². The van der Waals surface area contributed by atoms with E-state index in [-0.39, 0.29) is 5.60 Å². The quantitative estimate of drug-likeness (QED) is 0.697. The van der Waals surface area contributed by atoms with Gasteiger partial charge in [0, 0.05) is 6.54 Å². The predicted octanol–water partition coefficient (Wildman–Crippen LogP) is 2.60. The minimum absolute atomic E-state index is 0.0571.